The second-order valence-corrected chi connectivity index (χ2v) is 7.94. The summed E-state index contributed by atoms with van der Waals surface area (Å²) in [6, 6.07) is 0. The predicted molar refractivity (Wildman–Crippen MR) is 58.8 cm³/mol. The molecule has 5 unspecified atom stereocenters. The summed E-state index contributed by atoms with van der Waals surface area (Å²) in [5, 5.41) is 0. The van der Waals surface area contributed by atoms with E-state index in [1.54, 1.807) is 4.13 Å². The number of alkyl halides is 3. The maximum Gasteiger partial charge on any atom is 0.480 e. The lowest BCUT2D eigenvalue weighted by Crippen LogP contribution is -2.32. The van der Waals surface area contributed by atoms with Crippen LogP contribution in [0.1, 0.15) is 6.42 Å². The zero-order chi connectivity index (χ0) is 16.5. The van der Waals surface area contributed by atoms with Gasteiger partial charge in [-0.2, -0.15) is 13.2 Å². The van der Waals surface area contributed by atoms with Crippen LogP contribution >= 0.6 is 0 Å². The molecule has 0 aromatic heterocycles. The van der Waals surface area contributed by atoms with Gasteiger partial charge in [0.15, 0.2) is 16.1 Å². The Hall–Kier alpha value is -0.960. The number of hydrogen-bond donors (Lipinski definition) is 0. The molecule has 3 aliphatic rings. The molecular formula is C8H7F3NO8S2-. The average molecular weight is 366 g/mol. The molecule has 0 aromatic rings. The normalized spacial score (nSPS) is 37.6. The first-order valence-electron chi connectivity index (χ1n) is 5.76. The van der Waals surface area contributed by atoms with E-state index in [-0.39, 0.29) is 18.6 Å². The number of fused-ring (bicyclic) bond motifs is 3. The van der Waals surface area contributed by atoms with Crippen LogP contribution in [0.15, 0.2) is 0 Å². The van der Waals surface area contributed by atoms with Crippen molar-refractivity contribution in [1.29, 1.82) is 0 Å². The highest BCUT2D eigenvalue weighted by Gasteiger charge is 2.65. The van der Waals surface area contributed by atoms with Gasteiger partial charge in [-0.15, -0.1) is 0 Å². The number of halogens is 3. The van der Waals surface area contributed by atoms with E-state index in [0.29, 0.717) is 0 Å². The standard InChI is InChI=1S/C8H7F3NO8S2/c9-8(10,11)21(14,15)12-22(16,17)20-5-2-1-3-6(18-3)4(2)19-7(5)13/h2-6H,1H2/q-1. The van der Waals surface area contributed by atoms with E-state index < -0.39 is 49.9 Å². The molecule has 0 N–H and O–H groups in total. The topological polar surface area (TPSA) is 130 Å². The summed E-state index contributed by atoms with van der Waals surface area (Å²) >= 11 is 0. The van der Waals surface area contributed by atoms with Gasteiger partial charge in [0.25, 0.3) is 0 Å². The molecule has 2 aliphatic heterocycles. The summed E-state index contributed by atoms with van der Waals surface area (Å²) in [7, 11) is -11.8. The third-order valence-electron chi connectivity index (χ3n) is 3.45. The van der Waals surface area contributed by atoms with Crippen LogP contribution in [0.4, 0.5) is 13.2 Å². The lowest BCUT2D eigenvalue weighted by atomic mass is 10.0. The Morgan fingerprint density at radius 2 is 1.82 bits per heavy atom. The summed E-state index contributed by atoms with van der Waals surface area (Å²) in [5.74, 6) is -1.86. The molecule has 5 atom stereocenters. The molecule has 3 fully saturated rings. The zero-order valence-corrected chi connectivity index (χ0v) is 11.9. The lowest BCUT2D eigenvalue weighted by molar-refractivity contribution is -0.146. The number of epoxide rings is 1. The Morgan fingerprint density at radius 1 is 1.18 bits per heavy atom. The van der Waals surface area contributed by atoms with Gasteiger partial charge in [-0.1, -0.05) is 0 Å². The summed E-state index contributed by atoms with van der Waals surface area (Å²) in [4.78, 5) is 11.5. The van der Waals surface area contributed by atoms with Crippen molar-refractivity contribution in [3.8, 4) is 0 Å². The van der Waals surface area contributed by atoms with Gasteiger partial charge in [-0.05, 0) is 6.42 Å². The predicted octanol–water partition coefficient (Wildman–Crippen LogP) is -0.448. The van der Waals surface area contributed by atoms with Gasteiger partial charge >= 0.3 is 11.5 Å². The fourth-order valence-electron chi connectivity index (χ4n) is 2.53. The monoisotopic (exact) mass is 366 g/mol. The number of ether oxygens (including phenoxy) is 2. The van der Waals surface area contributed by atoms with E-state index >= 15 is 0 Å². The Labute approximate surface area is 122 Å². The number of hydrogen-bond acceptors (Lipinski definition) is 8. The van der Waals surface area contributed by atoms with Crippen LogP contribution in [-0.2, 0) is 38.8 Å². The molecule has 126 valence electrons. The fraction of sp³-hybridized carbons (Fsp3) is 0.875. The van der Waals surface area contributed by atoms with Gasteiger partial charge in [0.2, 0.25) is 10.3 Å². The van der Waals surface area contributed by atoms with Crippen LogP contribution in [0.2, 0.25) is 0 Å². The van der Waals surface area contributed by atoms with Gasteiger partial charge in [0.05, 0.1) is 6.10 Å². The minimum atomic E-state index is -6.30. The van der Waals surface area contributed by atoms with E-state index in [0.717, 1.165) is 0 Å². The van der Waals surface area contributed by atoms with Gasteiger partial charge in [0.1, 0.15) is 12.2 Å². The molecule has 0 bridgehead atoms. The number of carbonyl (C=O) groups is 1. The van der Waals surface area contributed by atoms with Crippen molar-refractivity contribution in [2.75, 3.05) is 0 Å². The van der Waals surface area contributed by atoms with Crippen molar-refractivity contribution >= 4 is 26.3 Å². The minimum Gasteiger partial charge on any atom is -0.457 e. The summed E-state index contributed by atoms with van der Waals surface area (Å²) < 4.78 is 96.4. The molecule has 3 rings (SSSR count). The summed E-state index contributed by atoms with van der Waals surface area (Å²) in [5.41, 5.74) is -5.90. The molecule has 1 aliphatic carbocycles. The Morgan fingerprint density at radius 3 is 2.41 bits per heavy atom. The highest BCUT2D eigenvalue weighted by molar-refractivity contribution is 8.10. The van der Waals surface area contributed by atoms with Crippen LogP contribution in [0.25, 0.3) is 4.13 Å². The van der Waals surface area contributed by atoms with E-state index in [1.807, 2.05) is 0 Å². The van der Waals surface area contributed by atoms with Gasteiger partial charge in [-0.25, -0.2) is 21.6 Å². The molecule has 14 heteroatoms. The van der Waals surface area contributed by atoms with E-state index in [2.05, 4.69) is 4.18 Å². The Bertz CT molecular complexity index is 716. The van der Waals surface area contributed by atoms with Crippen LogP contribution in [-0.4, -0.2) is 52.7 Å². The lowest BCUT2D eigenvalue weighted by Gasteiger charge is -2.24. The second kappa shape index (κ2) is 4.53. The van der Waals surface area contributed by atoms with Crippen molar-refractivity contribution in [3.05, 3.63) is 4.13 Å². The fourth-order valence-corrected chi connectivity index (χ4v) is 4.45. The number of carbonyl (C=O) groups excluding carboxylic acids is 1. The molecule has 9 nitrogen and oxygen atoms in total. The van der Waals surface area contributed by atoms with Crippen LogP contribution in [0.5, 0.6) is 0 Å². The van der Waals surface area contributed by atoms with Crippen molar-refractivity contribution in [2.45, 2.75) is 36.3 Å². The van der Waals surface area contributed by atoms with Gasteiger partial charge < -0.3 is 13.6 Å². The quantitative estimate of drug-likeness (QED) is 0.483. The average Bonchev–Trinajstić information content (AvgIpc) is 2.90. The smallest absolute Gasteiger partial charge is 0.457 e. The third-order valence-corrected chi connectivity index (χ3v) is 6.00. The summed E-state index contributed by atoms with van der Waals surface area (Å²) in [6.45, 7) is 0. The Kier molecular flexibility index (Phi) is 3.28. The molecule has 0 radical (unpaired) electrons. The molecule has 0 spiro atoms. The third kappa shape index (κ3) is 2.58. The van der Waals surface area contributed by atoms with Crippen molar-refractivity contribution < 1.29 is 48.5 Å². The maximum absolute atomic E-state index is 12.1. The second-order valence-electron chi connectivity index (χ2n) is 4.88. The Balaban J connectivity index is 1.73. The van der Waals surface area contributed by atoms with E-state index in [4.69, 9.17) is 9.47 Å². The maximum atomic E-state index is 12.1. The summed E-state index contributed by atoms with van der Waals surface area (Å²) in [6.07, 6.45) is -2.89. The van der Waals surface area contributed by atoms with Crippen molar-refractivity contribution in [3.63, 3.8) is 0 Å². The molecular weight excluding hydrogens is 359 g/mol. The molecule has 2 saturated heterocycles. The van der Waals surface area contributed by atoms with Crippen LogP contribution in [0, 0.1) is 5.92 Å². The number of sulfonamides is 1. The first-order valence-corrected chi connectivity index (χ1v) is 8.56. The molecule has 0 amide bonds. The number of nitrogens with zero attached hydrogens (tertiary/aromatic N) is 1. The minimum absolute atomic E-state index is 0.216. The van der Waals surface area contributed by atoms with Crippen LogP contribution < -0.4 is 0 Å². The number of esters is 1. The first-order chi connectivity index (χ1) is 9.91. The van der Waals surface area contributed by atoms with Gasteiger partial charge in [0, 0.05) is 5.92 Å². The zero-order valence-electron chi connectivity index (χ0n) is 10.3. The first kappa shape index (κ1) is 15.9. The highest BCUT2D eigenvalue weighted by Crippen LogP contribution is 2.50. The number of rotatable bonds is 4. The SMILES string of the molecule is O=C1OC2C(CC3OC32)C1OS(=O)(=O)[N-]S(=O)(=O)C(F)(F)F. The largest absolute Gasteiger partial charge is 0.480 e. The van der Waals surface area contributed by atoms with E-state index in [9.17, 15) is 34.8 Å². The molecule has 0 aromatic carbocycles. The highest BCUT2D eigenvalue weighted by atomic mass is 32.3. The van der Waals surface area contributed by atoms with Crippen molar-refractivity contribution in [1.82, 2.24) is 0 Å². The van der Waals surface area contributed by atoms with E-state index in [1.165, 1.54) is 0 Å². The van der Waals surface area contributed by atoms with Gasteiger partial charge in [-0.3, -0.25) is 4.18 Å². The van der Waals surface area contributed by atoms with Crippen LogP contribution in [0.3, 0.4) is 0 Å². The molecule has 2 heterocycles. The molecule has 1 saturated carbocycles. The molecule has 22 heavy (non-hydrogen) atoms. The van der Waals surface area contributed by atoms with Crippen molar-refractivity contribution in [2.24, 2.45) is 5.92 Å².